The van der Waals surface area contributed by atoms with Crippen molar-refractivity contribution >= 4 is 38.2 Å². The number of anilines is 2. The molecule has 100 valence electrons. The van der Waals surface area contributed by atoms with Gasteiger partial charge in [-0.1, -0.05) is 15.9 Å². The van der Waals surface area contributed by atoms with Crippen LogP contribution in [0, 0.1) is 0 Å². The van der Waals surface area contributed by atoms with E-state index in [0.717, 1.165) is 33.9 Å². The van der Waals surface area contributed by atoms with E-state index in [1.54, 1.807) is 13.3 Å². The fraction of sp³-hybridized carbons (Fsp3) is 0.357. The van der Waals surface area contributed by atoms with Crippen LogP contribution in [0.3, 0.4) is 0 Å². The highest BCUT2D eigenvalue weighted by atomic mass is 79.9. The number of aromatic nitrogens is 1. The largest absolute Gasteiger partial charge is 0.396 e. The van der Waals surface area contributed by atoms with Crippen LogP contribution < -0.4 is 11.1 Å². The maximum atomic E-state index is 6.06. The minimum Gasteiger partial charge on any atom is -0.396 e. The Kier molecular flexibility index (Phi) is 3.33. The molecule has 0 bridgehead atoms. The van der Waals surface area contributed by atoms with Gasteiger partial charge in [-0.25, -0.2) is 0 Å². The number of benzene rings is 1. The minimum absolute atomic E-state index is 0.374. The quantitative estimate of drug-likeness (QED) is 0.911. The fourth-order valence-corrected chi connectivity index (χ4v) is 2.78. The van der Waals surface area contributed by atoms with E-state index in [9.17, 15) is 0 Å². The second-order valence-corrected chi connectivity index (χ2v) is 5.84. The number of halogens is 1. The molecule has 3 N–H and O–H groups in total. The van der Waals surface area contributed by atoms with Gasteiger partial charge >= 0.3 is 0 Å². The standard InChI is InChI=1S/C14H16BrN3O/c1-19-10-5-9(6-10)18-14-11-4-8(15)2-3-13(11)17-7-12(14)16/h2-4,7,9-10H,5-6,16H2,1H3,(H,17,18). The highest BCUT2D eigenvalue weighted by molar-refractivity contribution is 9.10. The lowest BCUT2D eigenvalue weighted by Gasteiger charge is -2.35. The van der Waals surface area contributed by atoms with Crippen molar-refractivity contribution in [3.8, 4) is 0 Å². The molecule has 1 aliphatic rings. The lowest BCUT2D eigenvalue weighted by Crippen LogP contribution is -2.40. The number of nitrogens with two attached hydrogens (primary N) is 1. The molecule has 0 radical (unpaired) electrons. The number of methoxy groups -OCH3 is 1. The van der Waals surface area contributed by atoms with Gasteiger partial charge in [-0.05, 0) is 31.0 Å². The summed E-state index contributed by atoms with van der Waals surface area (Å²) in [4.78, 5) is 4.35. The highest BCUT2D eigenvalue weighted by Crippen LogP contribution is 2.34. The lowest BCUT2D eigenvalue weighted by molar-refractivity contribution is 0.0329. The van der Waals surface area contributed by atoms with Crippen molar-refractivity contribution in [2.45, 2.75) is 25.0 Å². The molecule has 0 aliphatic heterocycles. The number of rotatable bonds is 3. The first-order valence-electron chi connectivity index (χ1n) is 6.30. The number of nitrogens with zero attached hydrogens (tertiary/aromatic N) is 1. The van der Waals surface area contributed by atoms with E-state index in [-0.39, 0.29) is 0 Å². The van der Waals surface area contributed by atoms with Gasteiger partial charge in [0, 0.05) is 23.0 Å². The molecule has 1 fully saturated rings. The van der Waals surface area contributed by atoms with Gasteiger partial charge in [0.15, 0.2) is 0 Å². The Morgan fingerprint density at radius 2 is 2.21 bits per heavy atom. The van der Waals surface area contributed by atoms with Gasteiger partial charge in [-0.2, -0.15) is 0 Å². The summed E-state index contributed by atoms with van der Waals surface area (Å²) in [7, 11) is 1.76. The fourth-order valence-electron chi connectivity index (χ4n) is 2.42. The Labute approximate surface area is 120 Å². The normalized spacial score (nSPS) is 22.2. The van der Waals surface area contributed by atoms with Crippen LogP contribution in [-0.4, -0.2) is 24.2 Å². The molecule has 0 atom stereocenters. The zero-order valence-corrected chi connectivity index (χ0v) is 12.3. The third-order valence-corrected chi connectivity index (χ3v) is 4.13. The van der Waals surface area contributed by atoms with Crippen LogP contribution in [0.2, 0.25) is 0 Å². The molecule has 1 aliphatic carbocycles. The van der Waals surface area contributed by atoms with Crippen LogP contribution >= 0.6 is 15.9 Å². The number of pyridine rings is 1. The average molecular weight is 322 g/mol. The highest BCUT2D eigenvalue weighted by Gasteiger charge is 2.29. The van der Waals surface area contributed by atoms with Crippen molar-refractivity contribution in [3.63, 3.8) is 0 Å². The van der Waals surface area contributed by atoms with Crippen LogP contribution in [0.5, 0.6) is 0 Å². The maximum absolute atomic E-state index is 6.06. The minimum atomic E-state index is 0.374. The average Bonchev–Trinajstić information content (AvgIpc) is 2.35. The van der Waals surface area contributed by atoms with Crippen LogP contribution in [0.4, 0.5) is 11.4 Å². The number of fused-ring (bicyclic) bond motifs is 1. The van der Waals surface area contributed by atoms with Crippen molar-refractivity contribution in [2.75, 3.05) is 18.2 Å². The molecule has 1 aromatic carbocycles. The Morgan fingerprint density at radius 3 is 2.95 bits per heavy atom. The molecular formula is C14H16BrN3O. The van der Waals surface area contributed by atoms with Crippen molar-refractivity contribution in [2.24, 2.45) is 0 Å². The van der Waals surface area contributed by atoms with Gasteiger partial charge in [-0.3, -0.25) is 4.98 Å². The zero-order valence-electron chi connectivity index (χ0n) is 10.7. The van der Waals surface area contributed by atoms with Crippen LogP contribution in [0.15, 0.2) is 28.9 Å². The lowest BCUT2D eigenvalue weighted by atomic mass is 9.89. The summed E-state index contributed by atoms with van der Waals surface area (Å²) >= 11 is 3.49. The van der Waals surface area contributed by atoms with Crippen molar-refractivity contribution in [3.05, 3.63) is 28.9 Å². The molecule has 19 heavy (non-hydrogen) atoms. The molecule has 2 aromatic rings. The first-order chi connectivity index (χ1) is 9.17. The second kappa shape index (κ2) is 4.98. The van der Waals surface area contributed by atoms with Crippen LogP contribution in [0.25, 0.3) is 10.9 Å². The Bertz CT molecular complexity index is 606. The Morgan fingerprint density at radius 1 is 1.42 bits per heavy atom. The summed E-state index contributed by atoms with van der Waals surface area (Å²) in [6.07, 6.45) is 4.13. The number of nitrogens with one attached hydrogen (secondary N) is 1. The first kappa shape index (κ1) is 12.7. The number of nitrogen functional groups attached to an aromatic ring is 1. The molecule has 0 amide bonds. The van der Waals surface area contributed by atoms with Gasteiger partial charge in [0.2, 0.25) is 0 Å². The Balaban J connectivity index is 1.93. The van der Waals surface area contributed by atoms with Gasteiger partial charge in [0.1, 0.15) is 0 Å². The molecule has 4 nitrogen and oxygen atoms in total. The number of hydrogen-bond donors (Lipinski definition) is 2. The summed E-state index contributed by atoms with van der Waals surface area (Å²) in [5.74, 6) is 0. The van der Waals surface area contributed by atoms with E-state index >= 15 is 0 Å². The SMILES string of the molecule is COC1CC(Nc2c(N)cnc3ccc(Br)cc23)C1. The zero-order chi connectivity index (χ0) is 13.4. The molecule has 1 aromatic heterocycles. The summed E-state index contributed by atoms with van der Waals surface area (Å²) in [6.45, 7) is 0. The van der Waals surface area contributed by atoms with Crippen molar-refractivity contribution in [1.29, 1.82) is 0 Å². The molecule has 1 heterocycles. The van der Waals surface area contributed by atoms with E-state index in [2.05, 4.69) is 26.2 Å². The Hall–Kier alpha value is -1.33. The molecule has 5 heteroatoms. The molecule has 3 rings (SSSR count). The third-order valence-electron chi connectivity index (χ3n) is 3.64. The van der Waals surface area contributed by atoms with Gasteiger partial charge < -0.3 is 15.8 Å². The summed E-state index contributed by atoms with van der Waals surface area (Å²) < 4.78 is 6.33. The van der Waals surface area contributed by atoms with Crippen molar-refractivity contribution < 1.29 is 4.74 Å². The first-order valence-corrected chi connectivity index (χ1v) is 7.09. The maximum Gasteiger partial charge on any atom is 0.0743 e. The molecule has 0 unspecified atom stereocenters. The van der Waals surface area contributed by atoms with Crippen molar-refractivity contribution in [1.82, 2.24) is 4.98 Å². The third kappa shape index (κ3) is 2.40. The number of hydrogen-bond acceptors (Lipinski definition) is 4. The predicted molar refractivity (Wildman–Crippen MR) is 81.3 cm³/mol. The molecule has 0 spiro atoms. The van der Waals surface area contributed by atoms with E-state index < -0.39 is 0 Å². The second-order valence-electron chi connectivity index (χ2n) is 4.92. The van der Waals surface area contributed by atoms with E-state index in [4.69, 9.17) is 10.5 Å². The van der Waals surface area contributed by atoms with E-state index in [0.29, 0.717) is 17.8 Å². The molecular weight excluding hydrogens is 306 g/mol. The van der Waals surface area contributed by atoms with Crippen LogP contribution in [-0.2, 0) is 4.74 Å². The monoisotopic (exact) mass is 321 g/mol. The van der Waals surface area contributed by atoms with Gasteiger partial charge in [0.25, 0.3) is 0 Å². The van der Waals surface area contributed by atoms with E-state index in [1.807, 2.05) is 18.2 Å². The summed E-state index contributed by atoms with van der Waals surface area (Å²) in [6, 6.07) is 6.45. The summed E-state index contributed by atoms with van der Waals surface area (Å²) in [5, 5.41) is 4.57. The van der Waals surface area contributed by atoms with Crippen LogP contribution in [0.1, 0.15) is 12.8 Å². The topological polar surface area (TPSA) is 60.2 Å². The predicted octanol–water partition coefficient (Wildman–Crippen LogP) is 3.17. The van der Waals surface area contributed by atoms with E-state index in [1.165, 1.54) is 0 Å². The molecule has 0 saturated heterocycles. The number of ether oxygens (including phenoxy) is 1. The van der Waals surface area contributed by atoms with Gasteiger partial charge in [-0.15, -0.1) is 0 Å². The molecule has 1 saturated carbocycles. The van der Waals surface area contributed by atoms with Gasteiger partial charge in [0.05, 0.1) is 29.2 Å². The smallest absolute Gasteiger partial charge is 0.0743 e. The summed E-state index contributed by atoms with van der Waals surface area (Å²) in [5.41, 5.74) is 8.67.